The van der Waals surface area contributed by atoms with Crippen LogP contribution in [0.25, 0.3) is 10.4 Å². The lowest BCUT2D eigenvalue weighted by molar-refractivity contribution is 0.122. The van der Waals surface area contributed by atoms with Crippen LogP contribution in [0.15, 0.2) is 34.3 Å². The summed E-state index contributed by atoms with van der Waals surface area (Å²) in [5, 5.41) is 1.78. The van der Waals surface area contributed by atoms with Gasteiger partial charge in [-0.05, 0) is 73.6 Å². The van der Waals surface area contributed by atoms with Gasteiger partial charge in [0.1, 0.15) is 0 Å². The highest BCUT2D eigenvalue weighted by atomic mass is 32.2. The van der Waals surface area contributed by atoms with E-state index in [1.807, 2.05) is 0 Å². The number of aryl methyl sites for hydroxylation is 1. The Morgan fingerprint density at radius 1 is 0.974 bits per heavy atom. The molecule has 0 saturated heterocycles. The summed E-state index contributed by atoms with van der Waals surface area (Å²) >= 11 is 0. The van der Waals surface area contributed by atoms with Crippen LogP contribution in [-0.2, 0) is 23.2 Å². The van der Waals surface area contributed by atoms with Crippen molar-refractivity contribution in [3.63, 3.8) is 0 Å². The first-order valence-corrected chi connectivity index (χ1v) is 18.9. The van der Waals surface area contributed by atoms with E-state index in [2.05, 4.69) is 10.0 Å². The summed E-state index contributed by atoms with van der Waals surface area (Å²) in [6.45, 7) is 5.32. The summed E-state index contributed by atoms with van der Waals surface area (Å²) in [5.41, 5.74) is 9.34. The molecule has 1 rings (SSSR count). The maximum absolute atomic E-state index is 12.8. The molecule has 0 bridgehead atoms. The van der Waals surface area contributed by atoms with Gasteiger partial charge in [0.15, 0.2) is 16.6 Å². The Kier molecular flexibility index (Phi) is 6.92. The normalized spacial score (nSPS) is 24.7. The number of hydrogen-bond acceptors (Lipinski definition) is 6. The molecule has 0 radical (unpaired) electrons. The molecule has 38 heavy (non-hydrogen) atoms. The Morgan fingerprint density at radius 2 is 1.45 bits per heavy atom. The van der Waals surface area contributed by atoms with E-state index in [1.54, 1.807) is 74.7 Å². The molecule has 1 aromatic rings. The van der Waals surface area contributed by atoms with Crippen LogP contribution >= 0.6 is 0 Å². The lowest BCUT2D eigenvalue weighted by atomic mass is 10.2. The standard InChI is InChI=1S/C17H30O4SSi.C10H23N3OSi/c1-8-15(13-20-23(6,7)17(3,4)5)21-22(18,19)16-11-9-14(2)10-12-16;1-7-9(12-13-11)8-14-15(5,6)10(2,3)4/h9-12,15H,8,13H2,1-7H3;9H,7-8H2,1-6H3/t15-;9-/m10/s1/i1D3,8D2,13D2,15D;1D3,7D2,8D2,9D. The van der Waals surface area contributed by atoms with Crippen LogP contribution < -0.4 is 0 Å². The van der Waals surface area contributed by atoms with Crippen LogP contribution in [0.2, 0.25) is 36.3 Å². The number of hydrogen-bond donors (Lipinski definition) is 0. The van der Waals surface area contributed by atoms with Gasteiger partial charge in [-0.1, -0.05) is 78.1 Å². The molecule has 0 amide bonds. The molecule has 0 aliphatic rings. The van der Waals surface area contributed by atoms with E-state index in [-0.39, 0.29) is 0 Å². The Morgan fingerprint density at radius 3 is 1.87 bits per heavy atom. The molecular weight excluding hydrogens is 535 g/mol. The van der Waals surface area contributed by atoms with Crippen molar-refractivity contribution in [2.24, 2.45) is 5.11 Å². The van der Waals surface area contributed by atoms with Crippen molar-refractivity contribution < 1.29 is 43.4 Å². The number of nitrogens with zero attached hydrogens (tertiary/aromatic N) is 3. The molecule has 2 atom stereocenters. The van der Waals surface area contributed by atoms with Gasteiger partial charge in [-0.25, -0.2) is 0 Å². The Labute approximate surface area is 257 Å². The van der Waals surface area contributed by atoms with Crippen molar-refractivity contribution >= 4 is 26.8 Å². The van der Waals surface area contributed by atoms with E-state index in [1.165, 1.54) is 12.1 Å². The molecule has 220 valence electrons. The van der Waals surface area contributed by atoms with Crippen LogP contribution in [0, 0.1) is 6.92 Å². The summed E-state index contributed by atoms with van der Waals surface area (Å²) in [6.07, 6.45) is -11.0. The Balaban J connectivity index is 0.00000109. The minimum atomic E-state index is -4.93. The van der Waals surface area contributed by atoms with E-state index in [0.717, 1.165) is 12.1 Å². The molecular formula is C27H53N3O5SSi2. The fourth-order valence-corrected chi connectivity index (χ4v) is 3.87. The van der Waals surface area contributed by atoms with Crippen molar-refractivity contribution in [3.05, 3.63) is 40.3 Å². The first kappa shape index (κ1) is 17.6. The second-order valence-corrected chi connectivity index (χ2v) is 22.4. The quantitative estimate of drug-likeness (QED) is 0.0781. The van der Waals surface area contributed by atoms with Crippen LogP contribution in [0.3, 0.4) is 0 Å². The van der Waals surface area contributed by atoms with Crippen LogP contribution in [-0.4, -0.2) is 50.3 Å². The van der Waals surface area contributed by atoms with E-state index < -0.39 is 93.4 Å². The maximum atomic E-state index is 12.8. The lowest BCUT2D eigenvalue weighted by Crippen LogP contribution is -2.43. The number of azide groups is 1. The fourth-order valence-electron chi connectivity index (χ4n) is 1.70. The van der Waals surface area contributed by atoms with E-state index in [0.29, 0.717) is 5.56 Å². The van der Waals surface area contributed by atoms with Gasteiger partial charge in [0.05, 0.1) is 30.4 Å². The Bertz CT molecular complexity index is 1620. The average Bonchev–Trinajstić information content (AvgIpc) is 2.89. The molecule has 0 aromatic heterocycles. The van der Waals surface area contributed by atoms with Crippen molar-refractivity contribution in [2.75, 3.05) is 13.1 Å². The summed E-state index contributed by atoms with van der Waals surface area (Å²) in [7, 11) is -10.9. The van der Waals surface area contributed by atoms with Crippen molar-refractivity contribution in [1.29, 1.82) is 0 Å². The van der Waals surface area contributed by atoms with E-state index in [9.17, 15) is 8.42 Å². The predicted molar refractivity (Wildman–Crippen MR) is 163 cm³/mol. The molecule has 0 saturated carbocycles. The van der Waals surface area contributed by atoms with Gasteiger partial charge >= 0.3 is 0 Å². The largest absolute Gasteiger partial charge is 0.416 e. The molecule has 0 spiro atoms. The van der Waals surface area contributed by atoms with Crippen molar-refractivity contribution in [3.8, 4) is 0 Å². The highest BCUT2D eigenvalue weighted by molar-refractivity contribution is 7.86. The lowest BCUT2D eigenvalue weighted by Gasteiger charge is -2.37. The van der Waals surface area contributed by atoms with Crippen LogP contribution in [0.5, 0.6) is 0 Å². The predicted octanol–water partition coefficient (Wildman–Crippen LogP) is 8.60. The van der Waals surface area contributed by atoms with E-state index in [4.69, 9.17) is 40.5 Å². The summed E-state index contributed by atoms with van der Waals surface area (Å²) in [5.74, 6) is 0. The highest BCUT2D eigenvalue weighted by Gasteiger charge is 2.38. The first-order valence-electron chi connectivity index (χ1n) is 19.7. The van der Waals surface area contributed by atoms with E-state index >= 15 is 0 Å². The minimum Gasteiger partial charge on any atom is -0.416 e. The van der Waals surface area contributed by atoms with Gasteiger partial charge in [0.2, 0.25) is 0 Å². The van der Waals surface area contributed by atoms with Gasteiger partial charge in [-0.2, -0.15) is 8.42 Å². The highest BCUT2D eigenvalue weighted by Crippen LogP contribution is 2.37. The third-order valence-electron chi connectivity index (χ3n) is 6.29. The van der Waals surface area contributed by atoms with Gasteiger partial charge in [-0.15, -0.1) is 0 Å². The molecule has 0 heterocycles. The monoisotopic (exact) mass is 603 g/mol. The van der Waals surface area contributed by atoms with Gasteiger partial charge in [-0.3, -0.25) is 4.18 Å². The van der Waals surface area contributed by atoms with Crippen LogP contribution in [0.1, 0.15) is 95.5 Å². The smallest absolute Gasteiger partial charge is 0.297 e. The zero-order valence-corrected chi connectivity index (χ0v) is 26.9. The summed E-state index contributed by atoms with van der Waals surface area (Å²) in [4.78, 5) is 1.82. The first-order chi connectivity index (χ1) is 23.2. The molecule has 0 aliphatic carbocycles. The second kappa shape index (κ2) is 15.0. The van der Waals surface area contributed by atoms with Crippen molar-refractivity contribution in [1.82, 2.24) is 0 Å². The third kappa shape index (κ3) is 12.3. The molecule has 0 unspecified atom stereocenters. The van der Waals surface area contributed by atoms with Crippen LogP contribution in [0.4, 0.5) is 0 Å². The fraction of sp³-hybridized carbons (Fsp3) is 0.778. The molecule has 1 aromatic carbocycles. The Hall–Kier alpha value is -1.21. The summed E-state index contributed by atoms with van der Waals surface area (Å²) in [6, 6.07) is 1.82. The zero-order chi connectivity index (χ0) is 44.0. The number of rotatable bonds is 12. The topological polar surface area (TPSA) is 111 Å². The van der Waals surface area contributed by atoms with Gasteiger partial charge < -0.3 is 8.85 Å². The summed E-state index contributed by atoms with van der Waals surface area (Å²) < 4.78 is 166. The zero-order valence-electron chi connectivity index (χ0n) is 40.1. The molecule has 0 N–H and O–H groups in total. The van der Waals surface area contributed by atoms with Gasteiger partial charge in [0.25, 0.3) is 10.1 Å². The van der Waals surface area contributed by atoms with Gasteiger partial charge in [0, 0.05) is 26.5 Å². The van der Waals surface area contributed by atoms with Crippen molar-refractivity contribution in [2.45, 2.75) is 128 Å². The minimum absolute atomic E-state index is 0.473. The SMILES string of the molecule is [2H]C([2H])([2H])C([2H])([2H])[C@@]([2H])(OS(=O)(=O)c1ccc(C)cc1)C([2H])([2H])O[Si](C)(C)C(C)(C)C.[2H]C([2H])([2H])C([2H])([2H])[C@]([2H])(N=[N+]=[N-])C([2H])([2H])O[Si](C)(C)C(C)(C)C. The average molecular weight is 604 g/mol. The molecule has 11 heteroatoms. The molecule has 0 fully saturated rings. The maximum Gasteiger partial charge on any atom is 0.297 e. The molecule has 8 nitrogen and oxygen atoms in total. The molecule has 0 aliphatic heterocycles. The second-order valence-electron chi connectivity index (χ2n) is 11.4. The number of benzene rings is 1. The third-order valence-corrected chi connectivity index (χ3v) is 16.0.